The van der Waals surface area contributed by atoms with E-state index in [1.54, 1.807) is 42.5 Å². The fourth-order valence-electron chi connectivity index (χ4n) is 2.14. The molecule has 4 nitrogen and oxygen atoms in total. The van der Waals surface area contributed by atoms with E-state index in [1.807, 2.05) is 0 Å². The molecule has 106 valence electrons. The molecule has 1 aromatic heterocycles. The van der Waals surface area contributed by atoms with Gasteiger partial charge < -0.3 is 4.98 Å². The van der Waals surface area contributed by atoms with Crippen LogP contribution in [0.3, 0.4) is 0 Å². The Morgan fingerprint density at radius 1 is 0.952 bits per heavy atom. The summed E-state index contributed by atoms with van der Waals surface area (Å²) in [4.78, 5) is 27.1. The van der Waals surface area contributed by atoms with Crippen LogP contribution in [0.25, 0.3) is 10.9 Å². The first-order valence-corrected chi connectivity index (χ1v) is 6.97. The van der Waals surface area contributed by atoms with Crippen LogP contribution in [0, 0.1) is 0 Å². The fraction of sp³-hybridized carbons (Fsp3) is 0.0667. The zero-order valence-corrected chi connectivity index (χ0v) is 12.3. The van der Waals surface area contributed by atoms with Crippen molar-refractivity contribution in [2.75, 3.05) is 0 Å². The number of benzene rings is 2. The quantitative estimate of drug-likeness (QED) is 0.789. The molecule has 0 fully saturated rings. The summed E-state index contributed by atoms with van der Waals surface area (Å²) in [6.07, 6.45) is 0. The van der Waals surface area contributed by atoms with Gasteiger partial charge in [0.1, 0.15) is 0 Å². The van der Waals surface area contributed by atoms with Crippen LogP contribution in [-0.2, 0) is 6.54 Å². The largest absolute Gasteiger partial charge is 0.329 e. The van der Waals surface area contributed by atoms with Crippen LogP contribution >= 0.6 is 23.2 Å². The molecule has 21 heavy (non-hydrogen) atoms. The summed E-state index contributed by atoms with van der Waals surface area (Å²) in [6.45, 7) is 0.184. The number of hydrogen-bond donors (Lipinski definition) is 1. The van der Waals surface area contributed by atoms with Gasteiger partial charge in [-0.2, -0.15) is 0 Å². The molecule has 0 unspecified atom stereocenters. The van der Waals surface area contributed by atoms with Crippen molar-refractivity contribution >= 4 is 34.1 Å². The third-order valence-electron chi connectivity index (χ3n) is 3.20. The lowest BCUT2D eigenvalue weighted by Crippen LogP contribution is -2.35. The van der Waals surface area contributed by atoms with E-state index in [2.05, 4.69) is 4.98 Å². The number of halogens is 2. The van der Waals surface area contributed by atoms with E-state index < -0.39 is 5.69 Å². The summed E-state index contributed by atoms with van der Waals surface area (Å²) >= 11 is 11.7. The standard InChI is InChI=1S/C15H10Cl2N2O2/c16-10-3-1-9(2-4-10)8-19-14(20)12-6-5-11(17)7-13(12)18-15(19)21/h1-7H,8H2,(H,18,21). The second kappa shape index (κ2) is 5.39. The van der Waals surface area contributed by atoms with E-state index in [4.69, 9.17) is 23.2 Å². The summed E-state index contributed by atoms with van der Waals surface area (Å²) < 4.78 is 1.15. The first-order valence-electron chi connectivity index (χ1n) is 6.21. The zero-order chi connectivity index (χ0) is 15.0. The average molecular weight is 321 g/mol. The number of H-pyrrole nitrogens is 1. The predicted molar refractivity (Wildman–Crippen MR) is 84.4 cm³/mol. The van der Waals surface area contributed by atoms with E-state index in [0.717, 1.165) is 10.1 Å². The number of rotatable bonds is 2. The Morgan fingerprint density at radius 3 is 2.33 bits per heavy atom. The molecule has 0 aliphatic carbocycles. The first-order chi connectivity index (χ1) is 10.0. The second-order valence-electron chi connectivity index (χ2n) is 4.64. The van der Waals surface area contributed by atoms with Crippen molar-refractivity contribution in [3.63, 3.8) is 0 Å². The topological polar surface area (TPSA) is 54.9 Å². The maximum atomic E-state index is 12.4. The van der Waals surface area contributed by atoms with Gasteiger partial charge in [0.05, 0.1) is 17.4 Å². The lowest BCUT2D eigenvalue weighted by Gasteiger charge is -2.07. The van der Waals surface area contributed by atoms with Crippen LogP contribution < -0.4 is 11.2 Å². The van der Waals surface area contributed by atoms with Gasteiger partial charge >= 0.3 is 5.69 Å². The number of aromatic nitrogens is 2. The Kier molecular flexibility index (Phi) is 3.57. The van der Waals surface area contributed by atoms with Gasteiger partial charge in [-0.3, -0.25) is 9.36 Å². The van der Waals surface area contributed by atoms with Crippen LogP contribution in [0.4, 0.5) is 0 Å². The highest BCUT2D eigenvalue weighted by atomic mass is 35.5. The second-order valence-corrected chi connectivity index (χ2v) is 5.51. The van der Waals surface area contributed by atoms with Crippen LogP contribution in [-0.4, -0.2) is 9.55 Å². The van der Waals surface area contributed by atoms with Gasteiger partial charge in [-0.15, -0.1) is 0 Å². The normalized spacial score (nSPS) is 11.0. The Morgan fingerprint density at radius 2 is 1.62 bits per heavy atom. The number of aromatic amines is 1. The highest BCUT2D eigenvalue weighted by molar-refractivity contribution is 6.31. The molecular formula is C15H10Cl2N2O2. The molecule has 6 heteroatoms. The summed E-state index contributed by atoms with van der Waals surface area (Å²) in [5.74, 6) is 0. The van der Waals surface area contributed by atoms with Crippen molar-refractivity contribution in [1.29, 1.82) is 0 Å². The average Bonchev–Trinajstić information content (AvgIpc) is 2.45. The summed E-state index contributed by atoms with van der Waals surface area (Å²) in [6, 6.07) is 11.8. The van der Waals surface area contributed by atoms with Gasteiger partial charge in [0, 0.05) is 10.0 Å². The number of nitrogens with zero attached hydrogens (tertiary/aromatic N) is 1. The number of fused-ring (bicyclic) bond motifs is 1. The van der Waals surface area contributed by atoms with Gasteiger partial charge in [0.2, 0.25) is 0 Å². The van der Waals surface area contributed by atoms with Crippen LogP contribution in [0.1, 0.15) is 5.56 Å². The minimum atomic E-state index is -0.468. The molecule has 3 rings (SSSR count). The molecule has 0 bridgehead atoms. The summed E-state index contributed by atoms with van der Waals surface area (Å²) in [5.41, 5.74) is 0.440. The Bertz CT molecular complexity index is 927. The van der Waals surface area contributed by atoms with Crippen molar-refractivity contribution in [2.45, 2.75) is 6.54 Å². The van der Waals surface area contributed by atoms with Crippen molar-refractivity contribution in [1.82, 2.24) is 9.55 Å². The molecule has 0 saturated carbocycles. The molecule has 0 aliphatic rings. The third kappa shape index (κ3) is 2.73. The maximum Gasteiger partial charge on any atom is 0.329 e. The molecule has 0 aliphatic heterocycles. The van der Waals surface area contributed by atoms with Crippen LogP contribution in [0.5, 0.6) is 0 Å². The minimum Gasteiger partial charge on any atom is -0.307 e. The lowest BCUT2D eigenvalue weighted by molar-refractivity contribution is 0.712. The highest BCUT2D eigenvalue weighted by Gasteiger charge is 2.08. The van der Waals surface area contributed by atoms with Gasteiger partial charge in [-0.25, -0.2) is 4.79 Å². The van der Waals surface area contributed by atoms with Crippen molar-refractivity contribution in [3.8, 4) is 0 Å². The van der Waals surface area contributed by atoms with E-state index >= 15 is 0 Å². The molecule has 1 heterocycles. The Hall–Kier alpha value is -2.04. The highest BCUT2D eigenvalue weighted by Crippen LogP contribution is 2.14. The third-order valence-corrected chi connectivity index (χ3v) is 3.68. The molecule has 0 atom stereocenters. The molecular weight excluding hydrogens is 311 g/mol. The van der Waals surface area contributed by atoms with E-state index in [-0.39, 0.29) is 12.1 Å². The molecule has 3 aromatic rings. The predicted octanol–water partition coefficient (Wildman–Crippen LogP) is 3.04. The van der Waals surface area contributed by atoms with Gasteiger partial charge in [-0.1, -0.05) is 35.3 Å². The molecule has 0 radical (unpaired) electrons. The molecule has 0 spiro atoms. The monoisotopic (exact) mass is 320 g/mol. The van der Waals surface area contributed by atoms with Crippen LogP contribution in [0.15, 0.2) is 52.1 Å². The van der Waals surface area contributed by atoms with Gasteiger partial charge in [-0.05, 0) is 35.9 Å². The first kappa shape index (κ1) is 13.9. The van der Waals surface area contributed by atoms with Crippen molar-refractivity contribution < 1.29 is 0 Å². The minimum absolute atomic E-state index is 0.184. The number of hydrogen-bond acceptors (Lipinski definition) is 2. The van der Waals surface area contributed by atoms with Crippen molar-refractivity contribution in [3.05, 3.63) is 78.9 Å². The molecule has 0 amide bonds. The SMILES string of the molecule is O=c1[nH]c2cc(Cl)ccc2c(=O)n1Cc1ccc(Cl)cc1. The van der Waals surface area contributed by atoms with Crippen LogP contribution in [0.2, 0.25) is 10.0 Å². The van der Waals surface area contributed by atoms with E-state index in [9.17, 15) is 9.59 Å². The zero-order valence-electron chi connectivity index (χ0n) is 10.8. The smallest absolute Gasteiger partial charge is 0.307 e. The molecule has 2 aromatic carbocycles. The molecule has 1 N–H and O–H groups in total. The lowest BCUT2D eigenvalue weighted by atomic mass is 10.2. The van der Waals surface area contributed by atoms with Gasteiger partial charge in [0.15, 0.2) is 0 Å². The van der Waals surface area contributed by atoms with E-state index in [1.165, 1.54) is 0 Å². The summed E-state index contributed by atoms with van der Waals surface area (Å²) in [7, 11) is 0. The van der Waals surface area contributed by atoms with Crippen molar-refractivity contribution in [2.24, 2.45) is 0 Å². The Balaban J connectivity index is 2.14. The maximum absolute atomic E-state index is 12.4. The molecule has 0 saturated heterocycles. The fourth-order valence-corrected chi connectivity index (χ4v) is 2.44. The number of nitrogens with one attached hydrogen (secondary N) is 1. The summed E-state index contributed by atoms with van der Waals surface area (Å²) in [5, 5.41) is 1.49. The van der Waals surface area contributed by atoms with E-state index in [0.29, 0.717) is 20.9 Å². The van der Waals surface area contributed by atoms with Gasteiger partial charge in [0.25, 0.3) is 5.56 Å². The Labute approximate surface area is 129 Å².